The summed E-state index contributed by atoms with van der Waals surface area (Å²) in [5.74, 6) is 1.75. The van der Waals surface area contributed by atoms with Crippen LogP contribution in [0.25, 0.3) is 0 Å². The Morgan fingerprint density at radius 1 is 1.30 bits per heavy atom. The first-order valence-electron chi connectivity index (χ1n) is 6.61. The minimum atomic E-state index is 0. The Labute approximate surface area is 126 Å². The van der Waals surface area contributed by atoms with Crippen LogP contribution >= 0.6 is 12.4 Å². The molecule has 110 valence electrons. The van der Waals surface area contributed by atoms with Gasteiger partial charge in [-0.3, -0.25) is 4.68 Å². The number of aromatic hydroxyl groups is 1. The van der Waals surface area contributed by atoms with Crippen molar-refractivity contribution in [2.45, 2.75) is 33.9 Å². The molecule has 2 N–H and O–H groups in total. The highest BCUT2D eigenvalue weighted by atomic mass is 35.5. The van der Waals surface area contributed by atoms with Gasteiger partial charge in [-0.1, -0.05) is 26.0 Å². The molecule has 0 fully saturated rings. The summed E-state index contributed by atoms with van der Waals surface area (Å²) in [6.07, 6.45) is 0. The lowest BCUT2D eigenvalue weighted by molar-refractivity contribution is 0.474. The van der Waals surface area contributed by atoms with Gasteiger partial charge in [0.05, 0.1) is 0 Å². The second-order valence-electron chi connectivity index (χ2n) is 5.27. The first-order chi connectivity index (χ1) is 9.04. The van der Waals surface area contributed by atoms with Crippen molar-refractivity contribution in [1.29, 1.82) is 0 Å². The third kappa shape index (κ3) is 4.46. The Bertz CT molecular complexity index is 552. The molecule has 1 heterocycles. The van der Waals surface area contributed by atoms with Gasteiger partial charge in [0, 0.05) is 24.8 Å². The third-order valence-electron chi connectivity index (χ3n) is 2.90. The Morgan fingerprint density at radius 2 is 2.05 bits per heavy atom. The van der Waals surface area contributed by atoms with E-state index in [2.05, 4.69) is 31.2 Å². The largest absolute Gasteiger partial charge is 0.508 e. The number of hydrogen-bond donors (Lipinski definition) is 2. The molecular formula is C15H22ClN3O. The molecule has 0 bridgehead atoms. The number of aryl methyl sites for hydroxylation is 1. The smallest absolute Gasteiger partial charge is 0.148 e. The van der Waals surface area contributed by atoms with Gasteiger partial charge in [-0.2, -0.15) is 5.10 Å². The summed E-state index contributed by atoms with van der Waals surface area (Å²) in [5.41, 5.74) is 2.20. The maximum absolute atomic E-state index is 9.41. The van der Waals surface area contributed by atoms with Crippen LogP contribution in [0.2, 0.25) is 0 Å². The molecule has 1 aromatic heterocycles. The zero-order valence-electron chi connectivity index (χ0n) is 12.1. The molecule has 0 radical (unpaired) electrons. The van der Waals surface area contributed by atoms with Crippen LogP contribution in [-0.4, -0.2) is 14.9 Å². The molecule has 4 nitrogen and oxygen atoms in total. The number of nitrogens with one attached hydrogen (secondary N) is 1. The lowest BCUT2D eigenvalue weighted by atomic mass is 10.2. The highest BCUT2D eigenvalue weighted by molar-refractivity contribution is 5.85. The summed E-state index contributed by atoms with van der Waals surface area (Å²) in [6, 6.07) is 9.29. The average molecular weight is 296 g/mol. The third-order valence-corrected chi connectivity index (χ3v) is 2.90. The van der Waals surface area contributed by atoms with Crippen molar-refractivity contribution in [2.24, 2.45) is 5.92 Å². The van der Waals surface area contributed by atoms with Crippen molar-refractivity contribution in [3.8, 4) is 5.75 Å². The molecule has 0 spiro atoms. The number of phenols is 1. The van der Waals surface area contributed by atoms with Gasteiger partial charge in [0.25, 0.3) is 0 Å². The molecule has 1 aromatic carbocycles. The molecule has 20 heavy (non-hydrogen) atoms. The molecule has 0 unspecified atom stereocenters. The lowest BCUT2D eigenvalue weighted by Crippen LogP contribution is -2.08. The summed E-state index contributed by atoms with van der Waals surface area (Å²) in [4.78, 5) is 0. The van der Waals surface area contributed by atoms with E-state index >= 15 is 0 Å². The molecular weight excluding hydrogens is 274 g/mol. The monoisotopic (exact) mass is 295 g/mol. The standard InChI is InChI=1S/C15H21N3O.ClH/c1-11(2)10-18-12(3)7-15(17-18)16-9-13-5-4-6-14(19)8-13;/h4-8,11,19H,9-10H2,1-3H3,(H,16,17);1H. The van der Waals surface area contributed by atoms with Crippen molar-refractivity contribution in [2.75, 3.05) is 5.32 Å². The molecule has 0 amide bonds. The fourth-order valence-corrected chi connectivity index (χ4v) is 1.99. The van der Waals surface area contributed by atoms with Crippen LogP contribution in [-0.2, 0) is 13.1 Å². The first kappa shape index (κ1) is 16.4. The van der Waals surface area contributed by atoms with Gasteiger partial charge in [-0.15, -0.1) is 12.4 Å². The summed E-state index contributed by atoms with van der Waals surface area (Å²) in [7, 11) is 0. The molecule has 0 saturated heterocycles. The van der Waals surface area contributed by atoms with Crippen LogP contribution in [0.5, 0.6) is 5.75 Å². The molecule has 2 aromatic rings. The van der Waals surface area contributed by atoms with Crippen LogP contribution in [0, 0.1) is 12.8 Å². The minimum absolute atomic E-state index is 0. The van der Waals surface area contributed by atoms with Crippen molar-refractivity contribution in [3.63, 3.8) is 0 Å². The van der Waals surface area contributed by atoms with Crippen molar-refractivity contribution in [1.82, 2.24) is 9.78 Å². The molecule has 0 aliphatic rings. The van der Waals surface area contributed by atoms with Crippen molar-refractivity contribution < 1.29 is 5.11 Å². The molecule has 0 aliphatic carbocycles. The quantitative estimate of drug-likeness (QED) is 0.886. The molecule has 0 saturated carbocycles. The normalized spacial score (nSPS) is 10.4. The van der Waals surface area contributed by atoms with Gasteiger partial charge < -0.3 is 10.4 Å². The highest BCUT2D eigenvalue weighted by Gasteiger charge is 2.05. The predicted molar refractivity (Wildman–Crippen MR) is 84.5 cm³/mol. The van der Waals surface area contributed by atoms with Crippen LogP contribution < -0.4 is 5.32 Å². The second kappa shape index (κ2) is 7.20. The van der Waals surface area contributed by atoms with Gasteiger partial charge >= 0.3 is 0 Å². The number of benzene rings is 1. The van der Waals surface area contributed by atoms with E-state index in [1.807, 2.05) is 22.9 Å². The van der Waals surface area contributed by atoms with Crippen molar-refractivity contribution in [3.05, 3.63) is 41.6 Å². The number of nitrogens with zero attached hydrogens (tertiary/aromatic N) is 2. The minimum Gasteiger partial charge on any atom is -0.508 e. The maximum Gasteiger partial charge on any atom is 0.148 e. The van der Waals surface area contributed by atoms with Gasteiger partial charge in [-0.05, 0) is 30.5 Å². The molecule has 2 rings (SSSR count). The number of anilines is 1. The van der Waals surface area contributed by atoms with E-state index < -0.39 is 0 Å². The van der Waals surface area contributed by atoms with E-state index in [1.54, 1.807) is 12.1 Å². The lowest BCUT2D eigenvalue weighted by Gasteiger charge is -2.07. The average Bonchev–Trinajstić information content (AvgIpc) is 2.67. The topological polar surface area (TPSA) is 50.1 Å². The van der Waals surface area contributed by atoms with E-state index in [1.165, 1.54) is 0 Å². The van der Waals surface area contributed by atoms with Crippen LogP contribution in [0.4, 0.5) is 5.82 Å². The van der Waals surface area contributed by atoms with E-state index in [-0.39, 0.29) is 12.4 Å². The summed E-state index contributed by atoms with van der Waals surface area (Å²) in [5, 5.41) is 17.2. The molecule has 0 aliphatic heterocycles. The zero-order chi connectivity index (χ0) is 13.8. The van der Waals surface area contributed by atoms with Gasteiger partial charge in [0.1, 0.15) is 11.6 Å². The van der Waals surface area contributed by atoms with Gasteiger partial charge in [-0.25, -0.2) is 0 Å². The number of hydrogen-bond acceptors (Lipinski definition) is 3. The van der Waals surface area contributed by atoms with Crippen LogP contribution in [0.1, 0.15) is 25.1 Å². The number of halogens is 1. The Kier molecular flexibility index (Phi) is 5.89. The Hall–Kier alpha value is -1.68. The van der Waals surface area contributed by atoms with Crippen LogP contribution in [0.15, 0.2) is 30.3 Å². The Morgan fingerprint density at radius 3 is 2.70 bits per heavy atom. The first-order valence-corrected chi connectivity index (χ1v) is 6.61. The molecule has 0 atom stereocenters. The predicted octanol–water partition coefficient (Wildman–Crippen LogP) is 3.59. The second-order valence-corrected chi connectivity index (χ2v) is 5.27. The van der Waals surface area contributed by atoms with E-state index in [0.29, 0.717) is 18.2 Å². The van der Waals surface area contributed by atoms with E-state index in [4.69, 9.17) is 0 Å². The number of rotatable bonds is 5. The SMILES string of the molecule is Cc1cc(NCc2cccc(O)c2)nn1CC(C)C.Cl. The summed E-state index contributed by atoms with van der Waals surface area (Å²) >= 11 is 0. The van der Waals surface area contributed by atoms with Crippen molar-refractivity contribution >= 4 is 18.2 Å². The summed E-state index contributed by atoms with van der Waals surface area (Å²) in [6.45, 7) is 8.02. The van der Waals surface area contributed by atoms with E-state index in [0.717, 1.165) is 23.6 Å². The van der Waals surface area contributed by atoms with E-state index in [9.17, 15) is 5.11 Å². The fourth-order valence-electron chi connectivity index (χ4n) is 1.99. The highest BCUT2D eigenvalue weighted by Crippen LogP contribution is 2.14. The van der Waals surface area contributed by atoms with Gasteiger partial charge in [0.2, 0.25) is 0 Å². The molecule has 5 heteroatoms. The van der Waals surface area contributed by atoms with Crippen LogP contribution in [0.3, 0.4) is 0 Å². The fraction of sp³-hybridized carbons (Fsp3) is 0.400. The van der Waals surface area contributed by atoms with Gasteiger partial charge in [0.15, 0.2) is 0 Å². The Balaban J connectivity index is 0.00000200. The zero-order valence-corrected chi connectivity index (χ0v) is 12.9. The summed E-state index contributed by atoms with van der Waals surface area (Å²) < 4.78 is 2.02. The number of phenolic OH excluding ortho intramolecular Hbond substituents is 1. The number of aromatic nitrogens is 2. The maximum atomic E-state index is 9.41.